The summed E-state index contributed by atoms with van der Waals surface area (Å²) in [6, 6.07) is 0. The van der Waals surface area contributed by atoms with Crippen molar-refractivity contribution in [1.82, 2.24) is 0 Å². The molecular weight excluding hydrogens is 229 g/mol. The van der Waals surface area contributed by atoms with Crippen molar-refractivity contribution in [3.8, 4) is 0 Å². The molecule has 2 N–H and O–H groups in total. The molecule has 0 aliphatic heterocycles. The van der Waals surface area contributed by atoms with Crippen LogP contribution in [-0.4, -0.2) is 31.1 Å². The Morgan fingerprint density at radius 2 is 1.69 bits per heavy atom. The second-order valence-corrected chi connectivity index (χ2v) is 8.44. The van der Waals surface area contributed by atoms with Crippen LogP contribution in [0.15, 0.2) is 0 Å². The molecule has 0 heterocycles. The van der Waals surface area contributed by atoms with Crippen molar-refractivity contribution >= 4 is 9.84 Å². The van der Waals surface area contributed by atoms with Crippen LogP contribution in [0.3, 0.4) is 0 Å². The molecule has 0 saturated carbocycles. The maximum absolute atomic E-state index is 14.2. The molecule has 98 valence electrons. The first-order chi connectivity index (χ1) is 6.96. The van der Waals surface area contributed by atoms with E-state index in [4.69, 9.17) is 5.73 Å². The lowest BCUT2D eigenvalue weighted by Gasteiger charge is -2.29. The molecule has 3 nitrogen and oxygen atoms in total. The summed E-state index contributed by atoms with van der Waals surface area (Å²) in [6.07, 6.45) is -0.0270. The van der Waals surface area contributed by atoms with E-state index in [0.717, 1.165) is 0 Å². The maximum atomic E-state index is 14.2. The van der Waals surface area contributed by atoms with Gasteiger partial charge in [0.1, 0.15) is 5.67 Å². The van der Waals surface area contributed by atoms with E-state index in [1.165, 1.54) is 0 Å². The van der Waals surface area contributed by atoms with Crippen LogP contribution in [0.5, 0.6) is 0 Å². The van der Waals surface area contributed by atoms with Crippen LogP contribution < -0.4 is 5.73 Å². The molecule has 16 heavy (non-hydrogen) atoms. The maximum Gasteiger partial charge on any atom is 0.155 e. The van der Waals surface area contributed by atoms with Gasteiger partial charge in [-0.1, -0.05) is 13.8 Å². The normalized spacial score (nSPS) is 17.5. The Hall–Kier alpha value is -0.160. The predicted octanol–water partition coefficient (Wildman–Crippen LogP) is 1.91. The first kappa shape index (κ1) is 15.8. The summed E-state index contributed by atoms with van der Waals surface area (Å²) in [7, 11) is -3.27. The summed E-state index contributed by atoms with van der Waals surface area (Å²) in [6.45, 7) is 8.18. The van der Waals surface area contributed by atoms with Gasteiger partial charge in [-0.25, -0.2) is 12.8 Å². The topological polar surface area (TPSA) is 60.2 Å². The van der Waals surface area contributed by atoms with Crippen molar-refractivity contribution in [2.75, 3.05) is 12.3 Å². The van der Waals surface area contributed by atoms with Gasteiger partial charge in [-0.15, -0.1) is 0 Å². The van der Waals surface area contributed by atoms with E-state index in [1.54, 1.807) is 34.6 Å². The largest absolute Gasteiger partial charge is 0.328 e. The molecule has 0 aromatic rings. The zero-order chi connectivity index (χ0) is 13.2. The second-order valence-electron chi connectivity index (χ2n) is 5.57. The number of halogens is 1. The van der Waals surface area contributed by atoms with Crippen molar-refractivity contribution in [3.63, 3.8) is 0 Å². The molecule has 5 heteroatoms. The van der Waals surface area contributed by atoms with E-state index in [-0.39, 0.29) is 24.6 Å². The lowest BCUT2D eigenvalue weighted by Crippen LogP contribution is -2.42. The van der Waals surface area contributed by atoms with Gasteiger partial charge in [-0.2, -0.15) is 0 Å². The van der Waals surface area contributed by atoms with E-state index in [2.05, 4.69) is 0 Å². The van der Waals surface area contributed by atoms with Crippen LogP contribution in [0.25, 0.3) is 0 Å². The fourth-order valence-corrected chi connectivity index (χ4v) is 2.46. The van der Waals surface area contributed by atoms with Crippen molar-refractivity contribution in [3.05, 3.63) is 0 Å². The van der Waals surface area contributed by atoms with Gasteiger partial charge in [0, 0.05) is 6.54 Å². The zero-order valence-electron chi connectivity index (χ0n) is 10.9. The van der Waals surface area contributed by atoms with Crippen LogP contribution in [0.2, 0.25) is 0 Å². The van der Waals surface area contributed by atoms with Crippen LogP contribution in [0, 0.1) is 5.92 Å². The third-order valence-electron chi connectivity index (χ3n) is 3.09. The summed E-state index contributed by atoms with van der Waals surface area (Å²) in [5.74, 6) is -0.421. The monoisotopic (exact) mass is 253 g/mol. The van der Waals surface area contributed by atoms with E-state index >= 15 is 0 Å². The van der Waals surface area contributed by atoms with Crippen LogP contribution in [0.4, 0.5) is 4.39 Å². The molecule has 1 unspecified atom stereocenters. The summed E-state index contributed by atoms with van der Waals surface area (Å²) >= 11 is 0. The molecular formula is C11H24FNO2S. The Balaban J connectivity index is 4.69. The Morgan fingerprint density at radius 3 is 1.94 bits per heavy atom. The smallest absolute Gasteiger partial charge is 0.155 e. The average Bonchev–Trinajstić information content (AvgIpc) is 2.12. The predicted molar refractivity (Wildman–Crippen MR) is 65.9 cm³/mol. The molecule has 0 bridgehead atoms. The fraction of sp³-hybridized carbons (Fsp3) is 1.00. The van der Waals surface area contributed by atoms with Gasteiger partial charge >= 0.3 is 0 Å². The third kappa shape index (κ3) is 3.70. The molecule has 0 radical (unpaired) electrons. The number of rotatable bonds is 5. The second kappa shape index (κ2) is 5.00. The van der Waals surface area contributed by atoms with Gasteiger partial charge in [-0.05, 0) is 33.1 Å². The first-order valence-electron chi connectivity index (χ1n) is 5.57. The molecule has 0 spiro atoms. The molecule has 1 atom stereocenters. The highest BCUT2D eigenvalue weighted by molar-refractivity contribution is 7.92. The average molecular weight is 253 g/mol. The van der Waals surface area contributed by atoms with E-state index in [9.17, 15) is 12.8 Å². The SMILES string of the molecule is CC(C)C(F)(CN)CCS(=O)(=O)C(C)(C)C. The van der Waals surface area contributed by atoms with Crippen molar-refractivity contribution < 1.29 is 12.8 Å². The number of alkyl halides is 1. The molecule has 0 fully saturated rings. The summed E-state index contributed by atoms with van der Waals surface area (Å²) in [4.78, 5) is 0. The van der Waals surface area contributed by atoms with Gasteiger partial charge in [0.2, 0.25) is 0 Å². The molecule has 0 aromatic heterocycles. The molecule has 0 aromatic carbocycles. The highest BCUT2D eigenvalue weighted by Crippen LogP contribution is 2.27. The Kier molecular flexibility index (Phi) is 4.95. The third-order valence-corrected chi connectivity index (χ3v) is 5.70. The minimum atomic E-state index is -3.27. The molecule has 0 aliphatic carbocycles. The first-order valence-corrected chi connectivity index (χ1v) is 7.23. The van der Waals surface area contributed by atoms with Gasteiger partial charge in [0.05, 0.1) is 10.5 Å². The van der Waals surface area contributed by atoms with Gasteiger partial charge in [-0.3, -0.25) is 0 Å². The molecule has 0 rings (SSSR count). The summed E-state index contributed by atoms with van der Waals surface area (Å²) in [5, 5.41) is 0. The highest BCUT2D eigenvalue weighted by atomic mass is 32.2. The van der Waals surface area contributed by atoms with E-state index in [1.807, 2.05) is 0 Å². The van der Waals surface area contributed by atoms with Gasteiger partial charge in [0.25, 0.3) is 0 Å². The highest BCUT2D eigenvalue weighted by Gasteiger charge is 2.36. The summed E-state index contributed by atoms with van der Waals surface area (Å²) < 4.78 is 37.0. The lowest BCUT2D eigenvalue weighted by atomic mass is 9.90. The number of nitrogens with two attached hydrogens (primary N) is 1. The van der Waals surface area contributed by atoms with Crippen molar-refractivity contribution in [2.45, 2.75) is 51.5 Å². The van der Waals surface area contributed by atoms with Gasteiger partial charge < -0.3 is 5.73 Å². The minimum absolute atomic E-state index is 0.0270. The quantitative estimate of drug-likeness (QED) is 0.814. The number of hydrogen-bond acceptors (Lipinski definition) is 3. The van der Waals surface area contributed by atoms with E-state index in [0.29, 0.717) is 0 Å². The number of hydrogen-bond donors (Lipinski definition) is 1. The summed E-state index contributed by atoms with van der Waals surface area (Å²) in [5.41, 5.74) is 3.79. The Morgan fingerprint density at radius 1 is 1.25 bits per heavy atom. The van der Waals surface area contributed by atoms with Crippen LogP contribution >= 0.6 is 0 Å². The van der Waals surface area contributed by atoms with Crippen LogP contribution in [0.1, 0.15) is 41.0 Å². The molecule has 0 aliphatic rings. The standard InChI is InChI=1S/C11H24FNO2S/c1-9(2)11(12,8-13)6-7-16(14,15)10(3,4)5/h9H,6-8,13H2,1-5H3. The van der Waals surface area contributed by atoms with Gasteiger partial charge in [0.15, 0.2) is 9.84 Å². The Bertz CT molecular complexity index is 319. The molecule has 0 amide bonds. The Labute approximate surface area is 98.5 Å². The number of sulfone groups is 1. The minimum Gasteiger partial charge on any atom is -0.328 e. The van der Waals surface area contributed by atoms with Crippen molar-refractivity contribution in [2.24, 2.45) is 11.7 Å². The van der Waals surface area contributed by atoms with Crippen molar-refractivity contribution in [1.29, 1.82) is 0 Å². The van der Waals surface area contributed by atoms with E-state index < -0.39 is 20.3 Å². The zero-order valence-corrected chi connectivity index (χ0v) is 11.7. The fourth-order valence-electron chi connectivity index (χ4n) is 1.24. The molecule has 0 saturated heterocycles. The van der Waals surface area contributed by atoms with Crippen LogP contribution in [-0.2, 0) is 9.84 Å². The lowest BCUT2D eigenvalue weighted by molar-refractivity contribution is 0.106.